The standard InChI is InChI=1S/C37H60N4O2/c1-32(2,21-30(38)39)23-34(5,6)26-13-17-28(18-14-26)42-36(9,10)25-37(11,12)43-29-19-15-27(16-20-29)35(7,8)24-33(3,4)22-31(40)41/h13-20H,21-25H2,1-12H3,(H3,38,39)(H3,40,41). The number of nitrogens with two attached hydrogens (primary N) is 2. The van der Waals surface area contributed by atoms with Gasteiger partial charge in [0, 0.05) is 19.3 Å². The van der Waals surface area contributed by atoms with Crippen LogP contribution in [-0.4, -0.2) is 22.9 Å². The molecule has 0 bridgehead atoms. The molecule has 0 aliphatic heterocycles. The van der Waals surface area contributed by atoms with Crippen molar-refractivity contribution in [1.82, 2.24) is 0 Å². The van der Waals surface area contributed by atoms with Gasteiger partial charge >= 0.3 is 0 Å². The van der Waals surface area contributed by atoms with Gasteiger partial charge in [-0.05, 0) is 97.6 Å². The molecule has 0 spiro atoms. The van der Waals surface area contributed by atoms with Crippen LogP contribution in [0.4, 0.5) is 0 Å². The molecule has 0 fully saturated rings. The molecule has 6 N–H and O–H groups in total. The van der Waals surface area contributed by atoms with E-state index < -0.39 is 11.2 Å². The molecule has 2 aromatic carbocycles. The predicted molar refractivity (Wildman–Crippen MR) is 183 cm³/mol. The maximum atomic E-state index is 7.72. The lowest BCUT2D eigenvalue weighted by molar-refractivity contribution is 0.00502. The summed E-state index contributed by atoms with van der Waals surface area (Å²) < 4.78 is 13.0. The fraction of sp³-hybridized carbons (Fsp3) is 0.622. The minimum atomic E-state index is -0.450. The molecule has 0 unspecified atom stereocenters. The van der Waals surface area contributed by atoms with Gasteiger partial charge in [0.2, 0.25) is 0 Å². The first-order valence-electron chi connectivity index (χ1n) is 15.6. The average Bonchev–Trinajstić information content (AvgIpc) is 2.74. The number of ether oxygens (including phenoxy) is 2. The van der Waals surface area contributed by atoms with Gasteiger partial charge in [-0.1, -0.05) is 79.7 Å². The highest BCUT2D eigenvalue weighted by Crippen LogP contribution is 2.41. The second-order valence-corrected chi connectivity index (χ2v) is 16.8. The Bertz CT molecular complexity index is 1140. The lowest BCUT2D eigenvalue weighted by atomic mass is 9.70. The van der Waals surface area contributed by atoms with Crippen LogP contribution in [0.5, 0.6) is 11.5 Å². The lowest BCUT2D eigenvalue weighted by Crippen LogP contribution is -2.41. The summed E-state index contributed by atoms with van der Waals surface area (Å²) in [6, 6.07) is 16.8. The monoisotopic (exact) mass is 592 g/mol. The van der Waals surface area contributed by atoms with Crippen molar-refractivity contribution in [3.63, 3.8) is 0 Å². The summed E-state index contributed by atoms with van der Waals surface area (Å²) >= 11 is 0. The molecule has 0 aliphatic rings. The van der Waals surface area contributed by atoms with E-state index in [-0.39, 0.29) is 33.3 Å². The third-order valence-corrected chi connectivity index (χ3v) is 8.09. The van der Waals surface area contributed by atoms with E-state index >= 15 is 0 Å². The van der Waals surface area contributed by atoms with Crippen LogP contribution >= 0.6 is 0 Å². The zero-order valence-corrected chi connectivity index (χ0v) is 29.1. The molecule has 2 rings (SSSR count). The zero-order valence-electron chi connectivity index (χ0n) is 29.1. The molecule has 0 atom stereocenters. The summed E-state index contributed by atoms with van der Waals surface area (Å²) in [4.78, 5) is 0. The first-order chi connectivity index (χ1) is 19.3. The van der Waals surface area contributed by atoms with Gasteiger partial charge in [-0.3, -0.25) is 10.8 Å². The summed E-state index contributed by atoms with van der Waals surface area (Å²) in [5.41, 5.74) is 12.8. The third-order valence-electron chi connectivity index (χ3n) is 8.09. The van der Waals surface area contributed by atoms with Gasteiger partial charge in [0.25, 0.3) is 0 Å². The highest BCUT2D eigenvalue weighted by Gasteiger charge is 2.34. The molecule has 0 amide bonds. The summed E-state index contributed by atoms with van der Waals surface area (Å²) in [7, 11) is 0. The molecule has 0 heterocycles. The maximum absolute atomic E-state index is 7.72. The van der Waals surface area contributed by atoms with Crippen LogP contribution in [0, 0.1) is 21.6 Å². The van der Waals surface area contributed by atoms with Crippen LogP contribution in [0.1, 0.15) is 126 Å². The first-order valence-corrected chi connectivity index (χ1v) is 15.6. The van der Waals surface area contributed by atoms with E-state index in [0.29, 0.717) is 19.3 Å². The van der Waals surface area contributed by atoms with E-state index in [4.69, 9.17) is 31.8 Å². The van der Waals surface area contributed by atoms with E-state index in [1.165, 1.54) is 11.1 Å². The summed E-state index contributed by atoms with van der Waals surface area (Å²) in [6.07, 6.45) is 3.72. The van der Waals surface area contributed by atoms with Gasteiger partial charge in [-0.2, -0.15) is 0 Å². The fourth-order valence-electron chi connectivity index (χ4n) is 7.44. The molecular weight excluding hydrogens is 532 g/mol. The van der Waals surface area contributed by atoms with Gasteiger partial charge in [-0.25, -0.2) is 0 Å². The Hall–Kier alpha value is -3.02. The summed E-state index contributed by atoms with van der Waals surface area (Å²) in [5.74, 6) is 2.15. The van der Waals surface area contributed by atoms with Crippen molar-refractivity contribution < 1.29 is 9.47 Å². The number of benzene rings is 2. The van der Waals surface area contributed by atoms with Crippen molar-refractivity contribution in [2.45, 2.75) is 137 Å². The Morgan fingerprint density at radius 3 is 1.05 bits per heavy atom. The lowest BCUT2D eigenvalue weighted by Gasteiger charge is -2.37. The highest BCUT2D eigenvalue weighted by atomic mass is 16.5. The van der Waals surface area contributed by atoms with Gasteiger partial charge in [-0.15, -0.1) is 0 Å². The average molecular weight is 593 g/mol. The molecule has 6 nitrogen and oxygen atoms in total. The van der Waals surface area contributed by atoms with E-state index in [2.05, 4.69) is 132 Å². The smallest absolute Gasteiger partial charge is 0.120 e. The Morgan fingerprint density at radius 2 is 0.791 bits per heavy atom. The van der Waals surface area contributed by atoms with Crippen LogP contribution in [0.2, 0.25) is 0 Å². The van der Waals surface area contributed by atoms with Crippen molar-refractivity contribution in [3.05, 3.63) is 59.7 Å². The molecule has 2 aromatic rings. The number of hydrogen-bond donors (Lipinski definition) is 4. The molecule has 0 radical (unpaired) electrons. The molecule has 0 aromatic heterocycles. The van der Waals surface area contributed by atoms with Gasteiger partial charge in [0.1, 0.15) is 22.7 Å². The van der Waals surface area contributed by atoms with Crippen molar-refractivity contribution in [2.75, 3.05) is 0 Å². The topological polar surface area (TPSA) is 118 Å². The molecule has 240 valence electrons. The van der Waals surface area contributed by atoms with Gasteiger partial charge in [0.15, 0.2) is 0 Å². The van der Waals surface area contributed by atoms with Crippen LogP contribution in [0.15, 0.2) is 48.5 Å². The number of nitrogens with one attached hydrogen (secondary N) is 2. The Labute approximate surface area is 262 Å². The summed E-state index contributed by atoms with van der Waals surface area (Å²) in [5, 5.41) is 15.4. The van der Waals surface area contributed by atoms with Crippen molar-refractivity contribution in [3.8, 4) is 11.5 Å². The first kappa shape index (κ1) is 36.2. The number of hydrogen-bond acceptors (Lipinski definition) is 4. The second kappa shape index (κ2) is 12.9. The van der Waals surface area contributed by atoms with Crippen molar-refractivity contribution in [2.24, 2.45) is 22.3 Å². The van der Waals surface area contributed by atoms with Crippen LogP contribution in [0.25, 0.3) is 0 Å². The number of amidine groups is 2. The quantitative estimate of drug-likeness (QED) is 0.115. The molecular formula is C37H60N4O2. The van der Waals surface area contributed by atoms with E-state index in [0.717, 1.165) is 24.3 Å². The Balaban J connectivity index is 2.05. The molecule has 0 saturated heterocycles. The number of rotatable bonds is 16. The fourth-order valence-corrected chi connectivity index (χ4v) is 7.44. The van der Waals surface area contributed by atoms with Gasteiger partial charge < -0.3 is 20.9 Å². The van der Waals surface area contributed by atoms with Crippen LogP contribution in [-0.2, 0) is 10.8 Å². The highest BCUT2D eigenvalue weighted by molar-refractivity contribution is 5.77. The third kappa shape index (κ3) is 11.9. The van der Waals surface area contributed by atoms with Crippen LogP contribution in [0.3, 0.4) is 0 Å². The van der Waals surface area contributed by atoms with Crippen LogP contribution < -0.4 is 20.9 Å². The zero-order chi connectivity index (χ0) is 33.1. The van der Waals surface area contributed by atoms with E-state index in [1.54, 1.807) is 0 Å². The minimum absolute atomic E-state index is 0.0538. The van der Waals surface area contributed by atoms with E-state index in [9.17, 15) is 0 Å². The predicted octanol–water partition coefficient (Wildman–Crippen LogP) is 9.13. The van der Waals surface area contributed by atoms with Crippen molar-refractivity contribution >= 4 is 11.7 Å². The van der Waals surface area contributed by atoms with E-state index in [1.807, 2.05) is 0 Å². The van der Waals surface area contributed by atoms with Gasteiger partial charge in [0.05, 0.1) is 11.7 Å². The minimum Gasteiger partial charge on any atom is -0.488 e. The second-order valence-electron chi connectivity index (χ2n) is 16.8. The maximum Gasteiger partial charge on any atom is 0.120 e. The van der Waals surface area contributed by atoms with Crippen molar-refractivity contribution in [1.29, 1.82) is 10.8 Å². The summed E-state index contributed by atoms with van der Waals surface area (Å²) in [6.45, 7) is 26.1. The molecule has 43 heavy (non-hydrogen) atoms. The molecule has 0 aliphatic carbocycles. The molecule has 6 heteroatoms. The Morgan fingerprint density at radius 1 is 0.512 bits per heavy atom. The molecule has 0 saturated carbocycles. The SMILES string of the molecule is CC(C)(CC(=N)N)CC(C)(C)c1ccc(OC(C)(C)CC(C)(C)Oc2ccc(C(C)(C)CC(C)(C)CC(=N)N)cc2)cc1. The Kier molecular flexibility index (Phi) is 10.9. The largest absolute Gasteiger partial charge is 0.488 e. The normalized spacial score (nSPS) is 13.5.